The Kier molecular flexibility index (Phi) is 5.02. The van der Waals surface area contributed by atoms with Gasteiger partial charge >= 0.3 is 0 Å². The van der Waals surface area contributed by atoms with Gasteiger partial charge in [-0.3, -0.25) is 4.90 Å². The lowest BCUT2D eigenvalue weighted by atomic mass is 9.90. The van der Waals surface area contributed by atoms with Crippen LogP contribution in [0.2, 0.25) is 0 Å². The third kappa shape index (κ3) is 3.77. The first kappa shape index (κ1) is 18.5. The quantitative estimate of drug-likeness (QED) is 0.717. The molecule has 1 aromatic heterocycles. The Morgan fingerprint density at radius 2 is 2.00 bits per heavy atom. The number of hydrogen-bond acceptors (Lipinski definition) is 3. The highest BCUT2D eigenvalue weighted by atomic mass is 19.1. The minimum Gasteiger partial charge on any atom is -0.465 e. The number of fused-ring (bicyclic) bond motifs is 1. The molecule has 2 saturated heterocycles. The molecule has 0 unspecified atom stereocenters. The molecule has 2 aliphatic heterocycles. The lowest BCUT2D eigenvalue weighted by Gasteiger charge is -2.41. The van der Waals surface area contributed by atoms with E-state index in [-0.39, 0.29) is 11.4 Å². The van der Waals surface area contributed by atoms with Crippen molar-refractivity contribution >= 4 is 5.69 Å². The SMILES string of the molecule is CCCc1ccc(CN2CC[C@H]3[C@@H](C2)CC(C)(C)N3c2cccc(F)c2)o1. The van der Waals surface area contributed by atoms with Crippen LogP contribution in [0.15, 0.2) is 40.8 Å². The van der Waals surface area contributed by atoms with Crippen LogP contribution in [-0.4, -0.2) is 29.6 Å². The molecule has 4 rings (SSSR count). The molecule has 27 heavy (non-hydrogen) atoms. The molecule has 0 spiro atoms. The van der Waals surface area contributed by atoms with Crippen molar-refractivity contribution in [1.29, 1.82) is 0 Å². The zero-order valence-corrected chi connectivity index (χ0v) is 16.7. The van der Waals surface area contributed by atoms with Gasteiger partial charge in [-0.15, -0.1) is 0 Å². The molecule has 2 fully saturated rings. The van der Waals surface area contributed by atoms with Gasteiger partial charge in [-0.1, -0.05) is 13.0 Å². The van der Waals surface area contributed by atoms with Crippen molar-refractivity contribution in [2.75, 3.05) is 18.0 Å². The summed E-state index contributed by atoms with van der Waals surface area (Å²) in [5.41, 5.74) is 1.08. The first-order valence-corrected chi connectivity index (χ1v) is 10.3. The summed E-state index contributed by atoms with van der Waals surface area (Å²) in [5, 5.41) is 0. The number of nitrogens with zero attached hydrogens (tertiary/aromatic N) is 2. The second-order valence-corrected chi connectivity index (χ2v) is 8.84. The fraction of sp³-hybridized carbons (Fsp3) is 0.565. The highest BCUT2D eigenvalue weighted by Crippen LogP contribution is 2.44. The van der Waals surface area contributed by atoms with Crippen LogP contribution < -0.4 is 4.90 Å². The van der Waals surface area contributed by atoms with E-state index >= 15 is 0 Å². The number of piperidine rings is 1. The monoisotopic (exact) mass is 370 g/mol. The lowest BCUT2D eigenvalue weighted by Crippen LogP contribution is -2.48. The number of furan rings is 1. The number of rotatable bonds is 5. The van der Waals surface area contributed by atoms with E-state index in [0.717, 1.165) is 62.5 Å². The van der Waals surface area contributed by atoms with Crippen LogP contribution in [0.3, 0.4) is 0 Å². The van der Waals surface area contributed by atoms with E-state index < -0.39 is 0 Å². The van der Waals surface area contributed by atoms with Crippen LogP contribution in [0.4, 0.5) is 10.1 Å². The number of hydrogen-bond donors (Lipinski definition) is 0. The summed E-state index contributed by atoms with van der Waals surface area (Å²) in [6.45, 7) is 9.82. The van der Waals surface area contributed by atoms with Crippen molar-refractivity contribution in [3.8, 4) is 0 Å². The van der Waals surface area contributed by atoms with Crippen molar-refractivity contribution in [1.82, 2.24) is 4.90 Å². The van der Waals surface area contributed by atoms with Crippen LogP contribution in [-0.2, 0) is 13.0 Å². The number of likely N-dealkylation sites (tertiary alicyclic amines) is 1. The van der Waals surface area contributed by atoms with Gasteiger partial charge in [0.05, 0.1) is 6.54 Å². The maximum absolute atomic E-state index is 13.8. The molecule has 2 aromatic rings. The Morgan fingerprint density at radius 3 is 2.78 bits per heavy atom. The van der Waals surface area contributed by atoms with Crippen molar-refractivity contribution in [2.24, 2.45) is 5.92 Å². The third-order valence-electron chi connectivity index (χ3n) is 6.20. The molecule has 1 aromatic carbocycles. The average molecular weight is 371 g/mol. The molecule has 0 aliphatic carbocycles. The number of anilines is 1. The minimum absolute atomic E-state index is 0.0537. The summed E-state index contributed by atoms with van der Waals surface area (Å²) in [4.78, 5) is 5.01. The highest BCUT2D eigenvalue weighted by Gasteiger charge is 2.48. The summed E-state index contributed by atoms with van der Waals surface area (Å²) in [5.74, 6) is 2.64. The molecule has 0 saturated carbocycles. The summed E-state index contributed by atoms with van der Waals surface area (Å²) >= 11 is 0. The van der Waals surface area contributed by atoms with Crippen molar-refractivity contribution < 1.29 is 8.81 Å². The van der Waals surface area contributed by atoms with E-state index in [2.05, 4.69) is 48.8 Å². The largest absolute Gasteiger partial charge is 0.465 e. The van der Waals surface area contributed by atoms with Crippen molar-refractivity contribution in [2.45, 2.75) is 64.6 Å². The van der Waals surface area contributed by atoms with E-state index in [1.807, 2.05) is 6.07 Å². The first-order chi connectivity index (χ1) is 13.0. The molecule has 4 heteroatoms. The van der Waals surface area contributed by atoms with Gasteiger partial charge in [0, 0.05) is 36.8 Å². The highest BCUT2D eigenvalue weighted by molar-refractivity contribution is 5.52. The molecule has 146 valence electrons. The molecule has 0 radical (unpaired) electrons. The zero-order chi connectivity index (χ0) is 19.0. The Labute approximate surface area is 162 Å². The van der Waals surface area contributed by atoms with E-state index in [0.29, 0.717) is 12.0 Å². The summed E-state index contributed by atoms with van der Waals surface area (Å²) in [6, 6.07) is 11.8. The van der Waals surface area contributed by atoms with Gasteiger partial charge in [-0.25, -0.2) is 4.39 Å². The molecule has 3 nitrogen and oxygen atoms in total. The van der Waals surface area contributed by atoms with E-state index in [4.69, 9.17) is 4.42 Å². The van der Waals surface area contributed by atoms with Gasteiger partial charge in [0.15, 0.2) is 0 Å². The third-order valence-corrected chi connectivity index (χ3v) is 6.20. The maximum Gasteiger partial charge on any atom is 0.125 e. The van der Waals surface area contributed by atoms with E-state index in [9.17, 15) is 4.39 Å². The second kappa shape index (κ2) is 7.31. The number of aryl methyl sites for hydroxylation is 1. The number of halogens is 1. The van der Waals surface area contributed by atoms with Crippen LogP contribution in [0.25, 0.3) is 0 Å². The lowest BCUT2D eigenvalue weighted by molar-refractivity contribution is 0.150. The second-order valence-electron chi connectivity index (χ2n) is 8.84. The zero-order valence-electron chi connectivity index (χ0n) is 16.7. The van der Waals surface area contributed by atoms with Gasteiger partial charge in [-0.2, -0.15) is 0 Å². The summed E-state index contributed by atoms with van der Waals surface area (Å²) in [6.07, 6.45) is 4.39. The average Bonchev–Trinajstić information content (AvgIpc) is 3.15. The molecule has 0 N–H and O–H groups in total. The predicted octanol–water partition coefficient (Wildman–Crippen LogP) is 5.25. The van der Waals surface area contributed by atoms with Gasteiger partial charge < -0.3 is 9.32 Å². The topological polar surface area (TPSA) is 19.6 Å². The Balaban J connectivity index is 1.46. The van der Waals surface area contributed by atoms with Crippen LogP contribution in [0.1, 0.15) is 51.6 Å². The fourth-order valence-corrected chi connectivity index (χ4v) is 5.24. The maximum atomic E-state index is 13.8. The van der Waals surface area contributed by atoms with Crippen LogP contribution in [0.5, 0.6) is 0 Å². The standard InChI is InChI=1S/C23H31FN2O/c1-4-6-20-9-10-21(27-20)16-25-12-11-22-17(15-25)14-23(2,3)26(22)19-8-5-7-18(24)13-19/h5,7-10,13,17,22H,4,6,11-12,14-16H2,1-3H3/t17-,22+/m1/s1. The van der Waals surface area contributed by atoms with Gasteiger partial charge in [0.2, 0.25) is 0 Å². The Hall–Kier alpha value is -1.81. The first-order valence-electron chi connectivity index (χ1n) is 10.3. The summed E-state index contributed by atoms with van der Waals surface area (Å²) in [7, 11) is 0. The normalized spacial score (nSPS) is 25.0. The van der Waals surface area contributed by atoms with E-state index in [1.165, 1.54) is 6.07 Å². The van der Waals surface area contributed by atoms with Gasteiger partial charge in [-0.05, 0) is 69.4 Å². The smallest absolute Gasteiger partial charge is 0.125 e. The van der Waals surface area contributed by atoms with E-state index in [1.54, 1.807) is 6.07 Å². The fourth-order valence-electron chi connectivity index (χ4n) is 5.24. The molecular formula is C23H31FN2O. The molecule has 2 atom stereocenters. The number of benzene rings is 1. The summed E-state index contributed by atoms with van der Waals surface area (Å²) < 4.78 is 19.8. The van der Waals surface area contributed by atoms with Crippen molar-refractivity contribution in [3.63, 3.8) is 0 Å². The molecule has 3 heterocycles. The van der Waals surface area contributed by atoms with Crippen molar-refractivity contribution in [3.05, 3.63) is 53.7 Å². The predicted molar refractivity (Wildman–Crippen MR) is 107 cm³/mol. The van der Waals surface area contributed by atoms with Crippen LogP contribution in [0, 0.1) is 11.7 Å². The molecule has 0 bridgehead atoms. The Bertz CT molecular complexity index is 784. The van der Waals surface area contributed by atoms with Crippen LogP contribution >= 0.6 is 0 Å². The Morgan fingerprint density at radius 1 is 1.19 bits per heavy atom. The molecular weight excluding hydrogens is 339 g/mol. The van der Waals surface area contributed by atoms with Gasteiger partial charge in [0.25, 0.3) is 0 Å². The minimum atomic E-state index is -0.148. The molecule has 0 amide bonds. The molecule has 2 aliphatic rings. The van der Waals surface area contributed by atoms with Gasteiger partial charge in [0.1, 0.15) is 17.3 Å².